The Hall–Kier alpha value is -1.57. The van der Waals surface area contributed by atoms with Crippen LogP contribution in [0.3, 0.4) is 0 Å². The summed E-state index contributed by atoms with van der Waals surface area (Å²) in [4.78, 5) is 21.0. The van der Waals surface area contributed by atoms with Gasteiger partial charge in [-0.2, -0.15) is 0 Å². The summed E-state index contributed by atoms with van der Waals surface area (Å²) in [6.45, 7) is 5.41. The number of rotatable bonds is 4. The lowest BCUT2D eigenvalue weighted by Crippen LogP contribution is -2.53. The van der Waals surface area contributed by atoms with Gasteiger partial charge in [-0.05, 0) is 13.8 Å². The number of aromatic carboxylic acids is 1. The third-order valence-electron chi connectivity index (χ3n) is 3.15. The number of carboxylic acids is 1. The number of hydrogen-bond acceptors (Lipinski definition) is 6. The van der Waals surface area contributed by atoms with E-state index in [0.717, 1.165) is 0 Å². The Morgan fingerprint density at radius 3 is 3.00 bits per heavy atom. The van der Waals surface area contributed by atoms with E-state index < -0.39 is 5.97 Å². The van der Waals surface area contributed by atoms with Gasteiger partial charge in [0.05, 0.1) is 24.0 Å². The summed E-state index contributed by atoms with van der Waals surface area (Å²) < 4.78 is 5.73. The van der Waals surface area contributed by atoms with Gasteiger partial charge in [-0.3, -0.25) is 4.90 Å². The molecule has 0 saturated carbocycles. The molecule has 1 saturated heterocycles. The second-order valence-corrected chi connectivity index (χ2v) is 5.54. The molecule has 1 aromatic heterocycles. The lowest BCUT2D eigenvalue weighted by Gasteiger charge is -2.42. The summed E-state index contributed by atoms with van der Waals surface area (Å²) in [7, 11) is 0. The molecule has 1 aromatic rings. The zero-order chi connectivity index (χ0) is 14.8. The zero-order valence-electron chi connectivity index (χ0n) is 11.6. The molecule has 1 unspecified atom stereocenters. The Bertz CT molecular complexity index is 492. The largest absolute Gasteiger partial charge is 0.478 e. The molecule has 110 valence electrons. The van der Waals surface area contributed by atoms with Gasteiger partial charge < -0.3 is 14.9 Å². The van der Waals surface area contributed by atoms with Crippen molar-refractivity contribution in [2.24, 2.45) is 0 Å². The summed E-state index contributed by atoms with van der Waals surface area (Å²) in [5.41, 5.74) is 0.196. The van der Waals surface area contributed by atoms with Crippen LogP contribution in [0, 0.1) is 0 Å². The fraction of sp³-hybridized carbons (Fsp3) is 0.615. The van der Waals surface area contributed by atoms with Crippen LogP contribution in [0.2, 0.25) is 0 Å². The van der Waals surface area contributed by atoms with Gasteiger partial charge in [0.1, 0.15) is 11.9 Å². The van der Waals surface area contributed by atoms with Crippen LogP contribution in [0.5, 0.6) is 0 Å². The normalized spacial score (nSPS) is 22.6. The first-order valence-electron chi connectivity index (χ1n) is 6.44. The van der Waals surface area contributed by atoms with Gasteiger partial charge in [-0.15, -0.1) is 0 Å². The predicted octanol–water partition coefficient (Wildman–Crippen LogP) is 0.146. The van der Waals surface area contributed by atoms with Gasteiger partial charge in [-0.1, -0.05) is 0 Å². The van der Waals surface area contributed by atoms with E-state index in [0.29, 0.717) is 25.3 Å². The Morgan fingerprint density at radius 2 is 2.35 bits per heavy atom. The van der Waals surface area contributed by atoms with Crippen LogP contribution in [0.25, 0.3) is 0 Å². The smallest absolute Gasteiger partial charge is 0.339 e. The highest BCUT2D eigenvalue weighted by molar-refractivity contribution is 5.88. The number of hydrogen-bond donors (Lipinski definition) is 2. The van der Waals surface area contributed by atoms with Gasteiger partial charge in [0, 0.05) is 25.8 Å². The molecule has 7 heteroatoms. The van der Waals surface area contributed by atoms with Gasteiger partial charge >= 0.3 is 5.97 Å². The standard InChI is InChI=1S/C13H19N3O4/c1-13(2)7-16(4-9(6-17)20-13)5-11-10(12(18)19)3-14-8-15-11/h3,8-9,17H,4-7H2,1-2H3,(H,18,19). The van der Waals surface area contributed by atoms with E-state index in [1.807, 2.05) is 18.7 Å². The maximum absolute atomic E-state index is 11.1. The summed E-state index contributed by atoms with van der Waals surface area (Å²) in [6, 6.07) is 0. The average molecular weight is 281 g/mol. The molecule has 2 heterocycles. The Morgan fingerprint density at radius 1 is 1.60 bits per heavy atom. The minimum Gasteiger partial charge on any atom is -0.478 e. The monoisotopic (exact) mass is 281 g/mol. The van der Waals surface area contributed by atoms with E-state index in [1.54, 1.807) is 0 Å². The van der Waals surface area contributed by atoms with Gasteiger partial charge in [0.2, 0.25) is 0 Å². The lowest BCUT2D eigenvalue weighted by atomic mass is 10.0. The van der Waals surface area contributed by atoms with Crippen molar-refractivity contribution in [3.63, 3.8) is 0 Å². The molecule has 0 aromatic carbocycles. The van der Waals surface area contributed by atoms with E-state index in [4.69, 9.17) is 9.84 Å². The number of aliphatic hydroxyl groups excluding tert-OH is 1. The molecular weight excluding hydrogens is 262 g/mol. The molecular formula is C13H19N3O4. The van der Waals surface area contributed by atoms with Crippen molar-refractivity contribution in [1.82, 2.24) is 14.9 Å². The van der Waals surface area contributed by atoms with Crippen molar-refractivity contribution in [2.45, 2.75) is 32.1 Å². The fourth-order valence-corrected chi connectivity index (χ4v) is 2.50. The first-order valence-corrected chi connectivity index (χ1v) is 6.44. The van der Waals surface area contributed by atoms with Crippen molar-refractivity contribution in [2.75, 3.05) is 19.7 Å². The number of ether oxygens (including phenoxy) is 1. The summed E-state index contributed by atoms with van der Waals surface area (Å²) in [6.07, 6.45) is 2.38. The molecule has 1 atom stereocenters. The van der Waals surface area contributed by atoms with Crippen molar-refractivity contribution >= 4 is 5.97 Å². The van der Waals surface area contributed by atoms with Crippen molar-refractivity contribution < 1.29 is 19.7 Å². The molecule has 0 radical (unpaired) electrons. The molecule has 2 N–H and O–H groups in total. The van der Waals surface area contributed by atoms with Gasteiger partial charge in [0.15, 0.2) is 0 Å². The van der Waals surface area contributed by atoms with Crippen LogP contribution in [-0.4, -0.2) is 62.5 Å². The number of aliphatic hydroxyl groups is 1. The second-order valence-electron chi connectivity index (χ2n) is 5.54. The molecule has 0 spiro atoms. The molecule has 2 rings (SSSR count). The number of aromatic nitrogens is 2. The summed E-state index contributed by atoms with van der Waals surface area (Å²) in [5.74, 6) is -1.04. The Labute approximate surface area is 117 Å². The number of carbonyl (C=O) groups is 1. The first-order chi connectivity index (χ1) is 9.41. The highest BCUT2D eigenvalue weighted by atomic mass is 16.5. The maximum Gasteiger partial charge on any atom is 0.339 e. The molecule has 0 aliphatic carbocycles. The van der Waals surface area contributed by atoms with Crippen LogP contribution in [0.4, 0.5) is 0 Å². The number of morpholine rings is 1. The van der Waals surface area contributed by atoms with Crippen molar-refractivity contribution in [3.8, 4) is 0 Å². The minimum atomic E-state index is -1.04. The summed E-state index contributed by atoms with van der Waals surface area (Å²) in [5, 5.41) is 18.4. The Balaban J connectivity index is 2.15. The Kier molecular flexibility index (Phi) is 4.32. The lowest BCUT2D eigenvalue weighted by molar-refractivity contribution is -0.150. The predicted molar refractivity (Wildman–Crippen MR) is 70.3 cm³/mol. The summed E-state index contributed by atoms with van der Waals surface area (Å²) >= 11 is 0. The number of nitrogens with zero attached hydrogens (tertiary/aromatic N) is 3. The zero-order valence-corrected chi connectivity index (χ0v) is 11.6. The van der Waals surface area contributed by atoms with Crippen LogP contribution in [0.1, 0.15) is 29.9 Å². The quantitative estimate of drug-likeness (QED) is 0.810. The van der Waals surface area contributed by atoms with Crippen molar-refractivity contribution in [3.05, 3.63) is 23.8 Å². The first kappa shape index (κ1) is 14.8. The molecule has 0 bridgehead atoms. The van der Waals surface area contributed by atoms with Crippen LogP contribution >= 0.6 is 0 Å². The van der Waals surface area contributed by atoms with Crippen LogP contribution < -0.4 is 0 Å². The molecule has 7 nitrogen and oxygen atoms in total. The number of carboxylic acid groups (broad SMARTS) is 1. The third kappa shape index (κ3) is 3.50. The highest BCUT2D eigenvalue weighted by Gasteiger charge is 2.33. The molecule has 1 aliphatic rings. The highest BCUT2D eigenvalue weighted by Crippen LogP contribution is 2.22. The molecule has 1 fully saturated rings. The minimum absolute atomic E-state index is 0.0600. The van der Waals surface area contributed by atoms with Gasteiger partial charge in [0.25, 0.3) is 0 Å². The molecule has 20 heavy (non-hydrogen) atoms. The van der Waals surface area contributed by atoms with Crippen LogP contribution in [0.15, 0.2) is 12.5 Å². The van der Waals surface area contributed by atoms with Crippen LogP contribution in [-0.2, 0) is 11.3 Å². The SMILES string of the molecule is CC1(C)CN(Cc2ncncc2C(=O)O)CC(CO)O1. The second kappa shape index (κ2) is 5.82. The maximum atomic E-state index is 11.1. The van der Waals surface area contributed by atoms with E-state index in [1.165, 1.54) is 12.5 Å². The topological polar surface area (TPSA) is 95.8 Å². The van der Waals surface area contributed by atoms with Gasteiger partial charge in [-0.25, -0.2) is 14.8 Å². The average Bonchev–Trinajstić information content (AvgIpc) is 2.37. The van der Waals surface area contributed by atoms with E-state index >= 15 is 0 Å². The fourth-order valence-electron chi connectivity index (χ4n) is 2.50. The van der Waals surface area contributed by atoms with E-state index in [2.05, 4.69) is 9.97 Å². The van der Waals surface area contributed by atoms with Crippen molar-refractivity contribution in [1.29, 1.82) is 0 Å². The third-order valence-corrected chi connectivity index (χ3v) is 3.15. The molecule has 0 amide bonds. The van der Waals surface area contributed by atoms with E-state index in [-0.39, 0.29) is 23.9 Å². The molecule has 1 aliphatic heterocycles. The van der Waals surface area contributed by atoms with E-state index in [9.17, 15) is 9.90 Å².